The van der Waals surface area contributed by atoms with Crippen LogP contribution in [-0.2, 0) is 0 Å². The maximum atomic E-state index is 6.60. The number of hydrogen-bond acceptors (Lipinski definition) is 4. The predicted octanol–water partition coefficient (Wildman–Crippen LogP) is 13.8. The summed E-state index contributed by atoms with van der Waals surface area (Å²) in [5.41, 5.74) is 12.1. The van der Waals surface area contributed by atoms with Crippen molar-refractivity contribution < 1.29 is 4.42 Å². The van der Waals surface area contributed by atoms with Crippen molar-refractivity contribution in [2.75, 3.05) is 0 Å². The zero-order chi connectivity index (χ0) is 38.2. The Balaban J connectivity index is 1.11. The number of para-hydroxylation sites is 4. The Hall–Kier alpha value is -7.89. The van der Waals surface area contributed by atoms with E-state index in [4.69, 9.17) is 19.4 Å². The molecule has 0 amide bonds. The number of rotatable bonds is 5. The topological polar surface area (TPSA) is 56.7 Å². The van der Waals surface area contributed by atoms with Crippen LogP contribution in [0.15, 0.2) is 199 Å². The van der Waals surface area contributed by atoms with Crippen molar-refractivity contribution in [3.05, 3.63) is 194 Å². The van der Waals surface area contributed by atoms with Gasteiger partial charge in [-0.2, -0.15) is 0 Å². The van der Waals surface area contributed by atoms with Gasteiger partial charge in [-0.15, -0.1) is 0 Å². The molecule has 0 aliphatic heterocycles. The van der Waals surface area contributed by atoms with E-state index in [1.807, 2.05) is 24.3 Å². The lowest BCUT2D eigenvalue weighted by molar-refractivity contribution is 0.669. The van der Waals surface area contributed by atoms with E-state index in [-0.39, 0.29) is 0 Å². The first-order valence-corrected chi connectivity index (χ1v) is 19.5. The Morgan fingerprint density at radius 1 is 0.414 bits per heavy atom. The van der Waals surface area contributed by atoms with Gasteiger partial charge in [-0.05, 0) is 59.3 Å². The summed E-state index contributed by atoms with van der Waals surface area (Å²) in [5, 5.41) is 7.91. The van der Waals surface area contributed by atoms with Crippen LogP contribution in [0.25, 0.3) is 116 Å². The highest BCUT2D eigenvalue weighted by Gasteiger charge is 2.21. The molecule has 12 rings (SSSR count). The highest BCUT2D eigenvalue weighted by atomic mass is 16.3. The molecule has 12 aromatic rings. The summed E-state index contributed by atoms with van der Waals surface area (Å²) in [4.78, 5) is 16.0. The Bertz CT molecular complexity index is 3530. The number of fused-ring (bicyclic) bond motifs is 9. The first kappa shape index (κ1) is 32.4. The Morgan fingerprint density at radius 3 is 1.78 bits per heavy atom. The molecule has 0 saturated carbocycles. The molecule has 0 bridgehead atoms. The van der Waals surface area contributed by atoms with E-state index in [1.54, 1.807) is 0 Å². The molecule has 0 aliphatic carbocycles. The highest BCUT2D eigenvalue weighted by molar-refractivity contribution is 6.21. The number of aromatic nitrogens is 4. The van der Waals surface area contributed by atoms with E-state index < -0.39 is 0 Å². The lowest BCUT2D eigenvalue weighted by Gasteiger charge is -2.16. The van der Waals surface area contributed by atoms with Gasteiger partial charge in [0.1, 0.15) is 11.3 Å². The molecule has 0 aliphatic rings. The molecule has 4 aromatic heterocycles. The summed E-state index contributed by atoms with van der Waals surface area (Å²) < 4.78 is 8.97. The average Bonchev–Trinajstić information content (AvgIpc) is 3.85. The van der Waals surface area contributed by atoms with Gasteiger partial charge in [0.25, 0.3) is 0 Å². The third-order valence-corrected chi connectivity index (χ3v) is 11.4. The fraction of sp³-hybridized carbons (Fsp3) is 0. The normalized spacial score (nSPS) is 11.8. The Kier molecular flexibility index (Phi) is 7.16. The fourth-order valence-electron chi connectivity index (χ4n) is 8.70. The Labute approximate surface area is 333 Å². The molecule has 0 unspecified atom stereocenters. The van der Waals surface area contributed by atoms with Gasteiger partial charge in [-0.25, -0.2) is 15.0 Å². The van der Waals surface area contributed by atoms with Crippen LogP contribution in [0.4, 0.5) is 0 Å². The van der Waals surface area contributed by atoms with Crippen molar-refractivity contribution in [2.24, 2.45) is 0 Å². The number of benzene rings is 8. The second kappa shape index (κ2) is 12.8. The van der Waals surface area contributed by atoms with Crippen molar-refractivity contribution in [1.29, 1.82) is 0 Å². The van der Waals surface area contributed by atoms with Crippen LogP contribution < -0.4 is 0 Å². The molecule has 0 N–H and O–H groups in total. The van der Waals surface area contributed by atoms with Gasteiger partial charge in [0.05, 0.1) is 33.6 Å². The van der Waals surface area contributed by atoms with Crippen LogP contribution in [0.3, 0.4) is 0 Å². The minimum atomic E-state index is 0.646. The SMILES string of the molecule is c1ccc(-c2cc(-c3cccc(-c4nc5ccccc5c5c4oc4ccccc45)c3)nc(-c3cc4ccccc4cc3-n3c4ccccc4c4ccccc43)n2)cc1. The third-order valence-electron chi connectivity index (χ3n) is 11.4. The number of nitrogens with zero attached hydrogens (tertiary/aromatic N) is 4. The van der Waals surface area contributed by atoms with Crippen molar-refractivity contribution in [2.45, 2.75) is 0 Å². The molecular formula is C53H32N4O. The molecule has 0 radical (unpaired) electrons. The summed E-state index contributed by atoms with van der Waals surface area (Å²) in [6.07, 6.45) is 0. The van der Waals surface area contributed by atoms with E-state index in [1.165, 1.54) is 10.8 Å². The Morgan fingerprint density at radius 2 is 1.00 bits per heavy atom. The van der Waals surface area contributed by atoms with E-state index in [2.05, 4.69) is 174 Å². The molecule has 5 heteroatoms. The number of pyridine rings is 1. The average molecular weight is 741 g/mol. The summed E-state index contributed by atoms with van der Waals surface area (Å²) in [7, 11) is 0. The molecule has 4 heterocycles. The monoisotopic (exact) mass is 740 g/mol. The largest absolute Gasteiger partial charge is 0.454 e. The molecular weight excluding hydrogens is 709 g/mol. The zero-order valence-corrected chi connectivity index (χ0v) is 31.2. The molecule has 270 valence electrons. The molecule has 8 aromatic carbocycles. The van der Waals surface area contributed by atoms with Gasteiger partial charge in [0.15, 0.2) is 11.4 Å². The molecule has 0 saturated heterocycles. The van der Waals surface area contributed by atoms with Crippen LogP contribution in [-0.4, -0.2) is 19.5 Å². The minimum Gasteiger partial charge on any atom is -0.454 e. The van der Waals surface area contributed by atoms with E-state index in [0.717, 1.165) is 99.7 Å². The quantitative estimate of drug-likeness (QED) is 0.176. The van der Waals surface area contributed by atoms with Crippen LogP contribution in [0.5, 0.6) is 0 Å². The van der Waals surface area contributed by atoms with E-state index in [0.29, 0.717) is 5.82 Å². The number of hydrogen-bond donors (Lipinski definition) is 0. The molecule has 5 nitrogen and oxygen atoms in total. The van der Waals surface area contributed by atoms with Crippen molar-refractivity contribution in [3.63, 3.8) is 0 Å². The van der Waals surface area contributed by atoms with Crippen molar-refractivity contribution >= 4 is 65.4 Å². The van der Waals surface area contributed by atoms with Crippen LogP contribution in [0.1, 0.15) is 0 Å². The van der Waals surface area contributed by atoms with Crippen molar-refractivity contribution in [1.82, 2.24) is 19.5 Å². The second-order valence-electron chi connectivity index (χ2n) is 14.8. The molecule has 0 fully saturated rings. The van der Waals surface area contributed by atoms with Crippen LogP contribution in [0.2, 0.25) is 0 Å². The zero-order valence-electron chi connectivity index (χ0n) is 31.2. The van der Waals surface area contributed by atoms with Gasteiger partial charge < -0.3 is 8.98 Å². The molecule has 0 spiro atoms. The lowest BCUT2D eigenvalue weighted by atomic mass is 10.00. The maximum absolute atomic E-state index is 6.60. The highest BCUT2D eigenvalue weighted by Crippen LogP contribution is 2.41. The summed E-state index contributed by atoms with van der Waals surface area (Å²) in [6.45, 7) is 0. The van der Waals surface area contributed by atoms with Gasteiger partial charge in [0.2, 0.25) is 0 Å². The summed E-state index contributed by atoms with van der Waals surface area (Å²) in [6, 6.07) is 67.8. The van der Waals surface area contributed by atoms with E-state index >= 15 is 0 Å². The van der Waals surface area contributed by atoms with Crippen molar-refractivity contribution in [3.8, 4) is 50.8 Å². The van der Waals surface area contributed by atoms with Gasteiger partial charge in [-0.1, -0.05) is 146 Å². The van der Waals surface area contributed by atoms with Gasteiger partial charge in [0, 0.05) is 49.2 Å². The van der Waals surface area contributed by atoms with E-state index in [9.17, 15) is 0 Å². The van der Waals surface area contributed by atoms with Gasteiger partial charge >= 0.3 is 0 Å². The second-order valence-corrected chi connectivity index (χ2v) is 14.8. The lowest BCUT2D eigenvalue weighted by Crippen LogP contribution is -2.02. The summed E-state index contributed by atoms with van der Waals surface area (Å²) >= 11 is 0. The van der Waals surface area contributed by atoms with Gasteiger partial charge in [-0.3, -0.25) is 0 Å². The van der Waals surface area contributed by atoms with Crippen LogP contribution in [0, 0.1) is 0 Å². The fourth-order valence-corrected chi connectivity index (χ4v) is 8.70. The minimum absolute atomic E-state index is 0.646. The summed E-state index contributed by atoms with van der Waals surface area (Å²) in [5.74, 6) is 0.646. The maximum Gasteiger partial charge on any atom is 0.162 e. The standard InChI is InChI=1S/C53H32N4O/c1-2-15-33(16-3-1)44-32-45(36-19-14-20-37(29-36)51-52-50(40-23-6-10-25-43(40)54-51)41-24-9-13-28-49(41)58-52)56-53(55-44)42-30-34-17-4-5-18-35(34)31-48(42)57-46-26-11-7-21-38(46)39-22-8-12-27-47(39)57/h1-32H. The molecule has 0 atom stereocenters. The smallest absolute Gasteiger partial charge is 0.162 e. The third kappa shape index (κ3) is 5.07. The number of furan rings is 1. The molecule has 58 heavy (non-hydrogen) atoms. The first-order chi connectivity index (χ1) is 28.7. The van der Waals surface area contributed by atoms with Crippen LogP contribution >= 0.6 is 0 Å². The predicted molar refractivity (Wildman–Crippen MR) is 238 cm³/mol. The first-order valence-electron chi connectivity index (χ1n) is 19.5.